The molecule has 1 heterocycles. The number of fused-ring (bicyclic) bond motifs is 1. The number of nitrogens with one attached hydrogen (secondary N) is 1. The molecule has 0 aliphatic heterocycles. The zero-order chi connectivity index (χ0) is 14.5. The fraction of sp³-hybridized carbons (Fsp3) is 0.438. The summed E-state index contributed by atoms with van der Waals surface area (Å²) in [7, 11) is 1.70. The second-order valence-corrected chi connectivity index (χ2v) is 5.67. The fourth-order valence-corrected chi connectivity index (χ4v) is 2.71. The quantitative estimate of drug-likeness (QED) is 0.824. The van der Waals surface area contributed by atoms with Gasteiger partial charge in [-0.15, -0.1) is 0 Å². The second kappa shape index (κ2) is 6.93. The summed E-state index contributed by atoms with van der Waals surface area (Å²) in [6.45, 7) is 5.29. The van der Waals surface area contributed by atoms with Gasteiger partial charge in [0.25, 0.3) is 0 Å². The van der Waals surface area contributed by atoms with E-state index >= 15 is 0 Å². The molecular formula is C16H21BrN2O. The molecule has 1 N–H and O–H groups in total. The third kappa shape index (κ3) is 3.06. The van der Waals surface area contributed by atoms with E-state index in [9.17, 15) is 0 Å². The molecule has 2 rings (SSSR count). The molecule has 0 unspecified atom stereocenters. The van der Waals surface area contributed by atoms with Gasteiger partial charge in [-0.3, -0.25) is 0 Å². The molecule has 1 aromatic heterocycles. The standard InChI is InChI=1S/C16H21BrN2O/c1-4-6-11-10-12-14(20-3)8-7-13(17)15(12)19-16(11)18-9-5-2/h7-8,10H,4-6,9H2,1-3H3,(H,18,19). The first-order valence-corrected chi connectivity index (χ1v) is 7.90. The lowest BCUT2D eigenvalue weighted by molar-refractivity contribution is 0.419. The average molecular weight is 337 g/mol. The van der Waals surface area contributed by atoms with Gasteiger partial charge in [-0.25, -0.2) is 4.98 Å². The van der Waals surface area contributed by atoms with Crippen LogP contribution in [-0.2, 0) is 6.42 Å². The van der Waals surface area contributed by atoms with Crippen molar-refractivity contribution in [2.45, 2.75) is 33.1 Å². The number of aromatic nitrogens is 1. The molecule has 2 aromatic rings. The Morgan fingerprint density at radius 1 is 1.25 bits per heavy atom. The molecule has 0 bridgehead atoms. The monoisotopic (exact) mass is 336 g/mol. The minimum Gasteiger partial charge on any atom is -0.496 e. The van der Waals surface area contributed by atoms with Crippen molar-refractivity contribution in [3.05, 3.63) is 28.2 Å². The first-order valence-electron chi connectivity index (χ1n) is 7.11. The lowest BCUT2D eigenvalue weighted by Crippen LogP contribution is -2.06. The van der Waals surface area contributed by atoms with E-state index in [0.29, 0.717) is 0 Å². The Balaban J connectivity index is 2.60. The van der Waals surface area contributed by atoms with Gasteiger partial charge >= 0.3 is 0 Å². The molecule has 3 nitrogen and oxygen atoms in total. The predicted molar refractivity (Wildman–Crippen MR) is 88.8 cm³/mol. The number of rotatable bonds is 6. The topological polar surface area (TPSA) is 34.2 Å². The maximum atomic E-state index is 5.46. The van der Waals surface area contributed by atoms with Crippen LogP contribution in [0.25, 0.3) is 10.9 Å². The molecule has 0 amide bonds. The lowest BCUT2D eigenvalue weighted by atomic mass is 10.1. The van der Waals surface area contributed by atoms with Gasteiger partial charge in [0.1, 0.15) is 11.6 Å². The van der Waals surface area contributed by atoms with E-state index in [-0.39, 0.29) is 0 Å². The number of anilines is 1. The van der Waals surface area contributed by atoms with Crippen LogP contribution in [0.15, 0.2) is 22.7 Å². The number of benzene rings is 1. The average Bonchev–Trinajstić information content (AvgIpc) is 2.46. The van der Waals surface area contributed by atoms with Crippen molar-refractivity contribution in [2.75, 3.05) is 19.0 Å². The summed E-state index contributed by atoms with van der Waals surface area (Å²) in [6, 6.07) is 6.16. The van der Waals surface area contributed by atoms with Crippen LogP contribution in [0.1, 0.15) is 32.3 Å². The van der Waals surface area contributed by atoms with E-state index < -0.39 is 0 Å². The third-order valence-corrected chi connectivity index (χ3v) is 3.90. The molecule has 20 heavy (non-hydrogen) atoms. The van der Waals surface area contributed by atoms with Gasteiger partial charge in [0.2, 0.25) is 0 Å². The smallest absolute Gasteiger partial charge is 0.129 e. The maximum absolute atomic E-state index is 5.46. The SMILES string of the molecule is CCCNc1nc2c(Br)ccc(OC)c2cc1CCC. The molecule has 0 saturated heterocycles. The van der Waals surface area contributed by atoms with Crippen molar-refractivity contribution in [1.82, 2.24) is 4.98 Å². The number of hydrogen-bond donors (Lipinski definition) is 1. The zero-order valence-corrected chi connectivity index (χ0v) is 13.9. The molecule has 0 fully saturated rings. The predicted octanol–water partition coefficient (Wildman–Crippen LogP) is 4.78. The van der Waals surface area contributed by atoms with E-state index in [0.717, 1.165) is 52.8 Å². The molecule has 0 atom stereocenters. The Hall–Kier alpha value is -1.29. The van der Waals surface area contributed by atoms with Crippen molar-refractivity contribution in [2.24, 2.45) is 0 Å². The highest BCUT2D eigenvalue weighted by Gasteiger charge is 2.11. The summed E-state index contributed by atoms with van der Waals surface area (Å²) in [6.07, 6.45) is 3.21. The van der Waals surface area contributed by atoms with E-state index in [2.05, 4.69) is 41.2 Å². The van der Waals surface area contributed by atoms with Crippen LogP contribution in [0.5, 0.6) is 5.75 Å². The zero-order valence-electron chi connectivity index (χ0n) is 12.3. The Morgan fingerprint density at radius 2 is 2.05 bits per heavy atom. The molecule has 4 heteroatoms. The number of halogens is 1. The third-order valence-electron chi connectivity index (χ3n) is 3.26. The number of aryl methyl sites for hydroxylation is 1. The Labute approximate surface area is 128 Å². The minimum atomic E-state index is 0.870. The van der Waals surface area contributed by atoms with Crippen LogP contribution in [0.4, 0.5) is 5.82 Å². The Kier molecular flexibility index (Phi) is 5.24. The summed E-state index contributed by atoms with van der Waals surface area (Å²) >= 11 is 3.58. The van der Waals surface area contributed by atoms with Crippen LogP contribution in [0.3, 0.4) is 0 Å². The highest BCUT2D eigenvalue weighted by atomic mass is 79.9. The lowest BCUT2D eigenvalue weighted by Gasteiger charge is -2.14. The number of nitrogens with zero attached hydrogens (tertiary/aromatic N) is 1. The van der Waals surface area contributed by atoms with E-state index in [1.54, 1.807) is 7.11 Å². The van der Waals surface area contributed by atoms with Gasteiger partial charge in [0.05, 0.1) is 12.6 Å². The van der Waals surface area contributed by atoms with Gasteiger partial charge in [-0.1, -0.05) is 20.3 Å². The Morgan fingerprint density at radius 3 is 2.70 bits per heavy atom. The fourth-order valence-electron chi connectivity index (χ4n) is 2.28. The summed E-state index contributed by atoms with van der Waals surface area (Å²) in [5.41, 5.74) is 2.20. The molecular weight excluding hydrogens is 316 g/mol. The summed E-state index contributed by atoms with van der Waals surface area (Å²) < 4.78 is 6.45. The second-order valence-electron chi connectivity index (χ2n) is 4.82. The van der Waals surface area contributed by atoms with Gasteiger partial charge in [-0.05, 0) is 52.5 Å². The first kappa shape index (κ1) is 15.1. The van der Waals surface area contributed by atoms with Crippen molar-refractivity contribution >= 4 is 32.7 Å². The van der Waals surface area contributed by atoms with E-state index in [1.807, 2.05) is 12.1 Å². The molecule has 0 radical (unpaired) electrons. The Bertz CT molecular complexity index is 599. The summed E-state index contributed by atoms with van der Waals surface area (Å²) in [4.78, 5) is 4.80. The molecule has 0 aliphatic carbocycles. The molecule has 1 aromatic carbocycles. The summed E-state index contributed by atoms with van der Waals surface area (Å²) in [5, 5.41) is 4.49. The molecule has 0 spiro atoms. The molecule has 0 aliphatic rings. The van der Waals surface area contributed by atoms with Gasteiger partial charge in [0, 0.05) is 16.4 Å². The molecule has 108 valence electrons. The minimum absolute atomic E-state index is 0.870. The number of methoxy groups -OCH3 is 1. The van der Waals surface area contributed by atoms with Crippen LogP contribution in [0.2, 0.25) is 0 Å². The van der Waals surface area contributed by atoms with Crippen LogP contribution >= 0.6 is 15.9 Å². The maximum Gasteiger partial charge on any atom is 0.129 e. The van der Waals surface area contributed by atoms with E-state index in [1.165, 1.54) is 5.56 Å². The summed E-state index contributed by atoms with van der Waals surface area (Å²) in [5.74, 6) is 1.87. The molecule has 0 saturated carbocycles. The van der Waals surface area contributed by atoms with Gasteiger partial charge in [0.15, 0.2) is 0 Å². The largest absolute Gasteiger partial charge is 0.496 e. The van der Waals surface area contributed by atoms with Crippen molar-refractivity contribution < 1.29 is 4.74 Å². The number of ether oxygens (including phenoxy) is 1. The van der Waals surface area contributed by atoms with Crippen LogP contribution in [-0.4, -0.2) is 18.6 Å². The van der Waals surface area contributed by atoms with Gasteiger partial charge < -0.3 is 10.1 Å². The van der Waals surface area contributed by atoms with Crippen molar-refractivity contribution in [3.63, 3.8) is 0 Å². The van der Waals surface area contributed by atoms with Crippen molar-refractivity contribution in [3.8, 4) is 5.75 Å². The van der Waals surface area contributed by atoms with Crippen molar-refractivity contribution in [1.29, 1.82) is 0 Å². The highest BCUT2D eigenvalue weighted by molar-refractivity contribution is 9.10. The number of hydrogen-bond acceptors (Lipinski definition) is 3. The van der Waals surface area contributed by atoms with Crippen LogP contribution in [0, 0.1) is 0 Å². The van der Waals surface area contributed by atoms with E-state index in [4.69, 9.17) is 9.72 Å². The van der Waals surface area contributed by atoms with Crippen LogP contribution < -0.4 is 10.1 Å². The highest BCUT2D eigenvalue weighted by Crippen LogP contribution is 2.33. The van der Waals surface area contributed by atoms with Gasteiger partial charge in [-0.2, -0.15) is 0 Å². The normalized spacial score (nSPS) is 10.8. The number of pyridine rings is 1. The first-order chi connectivity index (χ1) is 9.71.